The molecule has 0 amide bonds. The Balaban J connectivity index is 2.21. The number of halogens is 1. The lowest BCUT2D eigenvalue weighted by Gasteiger charge is -2.13. The van der Waals surface area contributed by atoms with Crippen molar-refractivity contribution in [3.63, 3.8) is 0 Å². The average Bonchev–Trinajstić information content (AvgIpc) is 2.40. The maximum absolute atomic E-state index is 11.6. The Bertz CT molecular complexity index is 509. The van der Waals surface area contributed by atoms with Crippen LogP contribution in [0.3, 0.4) is 0 Å². The van der Waals surface area contributed by atoms with Crippen LogP contribution in [-0.2, 0) is 9.53 Å². The predicted molar refractivity (Wildman–Crippen MR) is 70.4 cm³/mol. The highest BCUT2D eigenvalue weighted by molar-refractivity contribution is 9.10. The molecule has 0 atom stereocenters. The lowest BCUT2D eigenvalue weighted by atomic mass is 10.1. The maximum Gasteiger partial charge on any atom is 0.335 e. The fourth-order valence-corrected chi connectivity index (χ4v) is 1.70. The third kappa shape index (κ3) is 2.95. The molecule has 18 heavy (non-hydrogen) atoms. The van der Waals surface area contributed by atoms with Gasteiger partial charge >= 0.3 is 5.97 Å². The van der Waals surface area contributed by atoms with Crippen molar-refractivity contribution < 1.29 is 9.53 Å². The molecule has 6 heteroatoms. The van der Waals surface area contributed by atoms with Crippen molar-refractivity contribution >= 4 is 27.5 Å². The monoisotopic (exact) mass is 309 g/mol. The number of ether oxygens (including phenoxy) is 1. The van der Waals surface area contributed by atoms with Crippen molar-refractivity contribution in [2.45, 2.75) is 6.92 Å². The molecule has 0 aliphatic carbocycles. The molecule has 94 valence electrons. The Labute approximate surface area is 113 Å². The van der Waals surface area contributed by atoms with Crippen molar-refractivity contribution in [3.05, 3.63) is 40.5 Å². The smallest absolute Gasteiger partial charge is 0.335 e. The summed E-state index contributed by atoms with van der Waals surface area (Å²) in [6, 6.07) is 0. The van der Waals surface area contributed by atoms with Gasteiger partial charge in [-0.1, -0.05) is 0 Å². The van der Waals surface area contributed by atoms with Gasteiger partial charge in [0.1, 0.15) is 0 Å². The van der Waals surface area contributed by atoms with Crippen molar-refractivity contribution in [2.24, 2.45) is 0 Å². The third-order valence-electron chi connectivity index (χ3n) is 2.30. The Kier molecular flexibility index (Phi) is 4.09. The zero-order valence-corrected chi connectivity index (χ0v) is 11.4. The fraction of sp³-hybridized carbons (Fsp3) is 0.250. The summed E-state index contributed by atoms with van der Waals surface area (Å²) < 4.78 is 5.77. The van der Waals surface area contributed by atoms with E-state index in [0.29, 0.717) is 24.5 Å². The van der Waals surface area contributed by atoms with E-state index in [2.05, 4.69) is 31.2 Å². The lowest BCUT2D eigenvalue weighted by molar-refractivity contribution is -0.138. The van der Waals surface area contributed by atoms with Gasteiger partial charge in [-0.05, 0) is 28.9 Å². The molecule has 2 rings (SSSR count). The third-order valence-corrected chi connectivity index (χ3v) is 2.71. The van der Waals surface area contributed by atoms with Crippen molar-refractivity contribution in [2.75, 3.05) is 13.2 Å². The van der Waals surface area contributed by atoms with Gasteiger partial charge in [-0.2, -0.15) is 0 Å². The molecule has 5 nitrogen and oxygen atoms in total. The van der Waals surface area contributed by atoms with Crippen LogP contribution >= 0.6 is 15.9 Å². The van der Waals surface area contributed by atoms with Gasteiger partial charge < -0.3 is 10.1 Å². The Morgan fingerprint density at radius 3 is 2.89 bits per heavy atom. The van der Waals surface area contributed by atoms with E-state index in [1.54, 1.807) is 31.6 Å². The molecular weight excluding hydrogens is 298 g/mol. The molecule has 0 saturated heterocycles. The molecule has 0 unspecified atom stereocenters. The first-order valence-corrected chi connectivity index (χ1v) is 6.29. The van der Waals surface area contributed by atoms with Crippen LogP contribution in [0.25, 0.3) is 5.57 Å². The number of allylic oxidation sites excluding steroid dienone is 2. The molecule has 0 fully saturated rings. The van der Waals surface area contributed by atoms with Crippen LogP contribution in [0.15, 0.2) is 34.7 Å². The first-order chi connectivity index (χ1) is 8.70. The number of aromatic nitrogens is 2. The second-order valence-corrected chi connectivity index (χ2v) is 4.51. The van der Waals surface area contributed by atoms with E-state index < -0.39 is 0 Å². The van der Waals surface area contributed by atoms with Gasteiger partial charge in [0.15, 0.2) is 5.82 Å². The highest BCUT2D eigenvalue weighted by Crippen LogP contribution is 2.17. The molecule has 1 aliphatic rings. The van der Waals surface area contributed by atoms with Crippen LogP contribution in [-0.4, -0.2) is 29.1 Å². The molecule has 1 aromatic rings. The number of dihydropyridines is 1. The Hall–Kier alpha value is -1.69. The van der Waals surface area contributed by atoms with E-state index in [1.807, 2.05) is 0 Å². The van der Waals surface area contributed by atoms with E-state index in [0.717, 1.165) is 10.0 Å². The van der Waals surface area contributed by atoms with E-state index in [4.69, 9.17) is 4.74 Å². The van der Waals surface area contributed by atoms with Gasteiger partial charge in [0.2, 0.25) is 0 Å². The van der Waals surface area contributed by atoms with Gasteiger partial charge in [-0.25, -0.2) is 14.8 Å². The van der Waals surface area contributed by atoms with Gasteiger partial charge in [-0.15, -0.1) is 0 Å². The van der Waals surface area contributed by atoms with Crippen LogP contribution in [0.1, 0.15) is 12.7 Å². The summed E-state index contributed by atoms with van der Waals surface area (Å²) in [6.07, 6.45) is 6.86. The Morgan fingerprint density at radius 2 is 2.22 bits per heavy atom. The number of carbonyl (C=O) groups excluding carboxylic acids is 1. The van der Waals surface area contributed by atoms with E-state index in [-0.39, 0.29) is 5.97 Å². The van der Waals surface area contributed by atoms with Gasteiger partial charge in [-0.3, -0.25) is 0 Å². The molecular formula is C12H12BrN3O2. The normalized spacial score (nSPS) is 14.3. The largest absolute Gasteiger partial charge is 0.463 e. The van der Waals surface area contributed by atoms with E-state index in [1.165, 1.54) is 0 Å². The van der Waals surface area contributed by atoms with Crippen LogP contribution in [0.4, 0.5) is 0 Å². The summed E-state index contributed by atoms with van der Waals surface area (Å²) in [4.78, 5) is 20.0. The summed E-state index contributed by atoms with van der Waals surface area (Å²) in [5.74, 6) is 0.250. The summed E-state index contributed by atoms with van der Waals surface area (Å²) >= 11 is 3.28. The van der Waals surface area contributed by atoms with Crippen LogP contribution in [0.2, 0.25) is 0 Å². The predicted octanol–water partition coefficient (Wildman–Crippen LogP) is 1.67. The zero-order valence-electron chi connectivity index (χ0n) is 9.81. The number of carbonyl (C=O) groups is 1. The second-order valence-electron chi connectivity index (χ2n) is 3.60. The lowest BCUT2D eigenvalue weighted by Crippen LogP contribution is -2.22. The molecule has 2 heterocycles. The minimum absolute atomic E-state index is 0.312. The number of hydrogen-bond donors (Lipinski definition) is 1. The fourth-order valence-electron chi connectivity index (χ4n) is 1.50. The molecule has 0 saturated carbocycles. The summed E-state index contributed by atoms with van der Waals surface area (Å²) in [6.45, 7) is 2.60. The highest BCUT2D eigenvalue weighted by Gasteiger charge is 2.15. The zero-order chi connectivity index (χ0) is 13.0. The topological polar surface area (TPSA) is 64.1 Å². The van der Waals surface area contributed by atoms with Gasteiger partial charge in [0.25, 0.3) is 0 Å². The van der Waals surface area contributed by atoms with Crippen LogP contribution in [0.5, 0.6) is 0 Å². The first-order valence-electron chi connectivity index (χ1n) is 5.50. The standard InChI is InChI=1S/C12H12BrN3O2/c1-2-18-12(17)9-3-8(4-14-5-9)11-15-6-10(13)7-16-11/h3-4,6-7,14H,2,5H2,1H3. The number of nitrogens with zero attached hydrogens (tertiary/aromatic N) is 2. The van der Waals surface area contributed by atoms with Gasteiger partial charge in [0.05, 0.1) is 16.7 Å². The Morgan fingerprint density at radius 1 is 1.50 bits per heavy atom. The summed E-state index contributed by atoms with van der Waals surface area (Å²) in [5, 5.41) is 3.01. The van der Waals surface area contributed by atoms with Crippen molar-refractivity contribution in [1.82, 2.24) is 15.3 Å². The van der Waals surface area contributed by atoms with Crippen molar-refractivity contribution in [3.8, 4) is 0 Å². The van der Waals surface area contributed by atoms with Crippen LogP contribution < -0.4 is 5.32 Å². The quantitative estimate of drug-likeness (QED) is 0.861. The van der Waals surface area contributed by atoms with E-state index >= 15 is 0 Å². The summed E-state index contributed by atoms with van der Waals surface area (Å²) in [5.41, 5.74) is 1.33. The molecule has 0 spiro atoms. The molecule has 0 radical (unpaired) electrons. The van der Waals surface area contributed by atoms with Crippen molar-refractivity contribution in [1.29, 1.82) is 0 Å². The van der Waals surface area contributed by atoms with Gasteiger partial charge in [0, 0.05) is 30.7 Å². The second kappa shape index (κ2) is 5.77. The SMILES string of the molecule is CCOC(=O)C1=CC(c2ncc(Br)cn2)=CNC1. The number of rotatable bonds is 3. The average molecular weight is 310 g/mol. The highest BCUT2D eigenvalue weighted by atomic mass is 79.9. The minimum Gasteiger partial charge on any atom is -0.463 e. The minimum atomic E-state index is -0.312. The van der Waals surface area contributed by atoms with Crippen LogP contribution in [0, 0.1) is 0 Å². The molecule has 1 aliphatic heterocycles. The first kappa shape index (κ1) is 12.8. The number of nitrogens with one attached hydrogen (secondary N) is 1. The molecule has 1 aromatic heterocycles. The van der Waals surface area contributed by atoms with E-state index in [9.17, 15) is 4.79 Å². The number of esters is 1. The summed E-state index contributed by atoms with van der Waals surface area (Å²) in [7, 11) is 0. The molecule has 1 N–H and O–H groups in total. The molecule has 0 aromatic carbocycles. The maximum atomic E-state index is 11.6. The molecule has 0 bridgehead atoms. The number of hydrogen-bond acceptors (Lipinski definition) is 5.